The molecule has 2 aromatic rings. The van der Waals surface area contributed by atoms with Crippen LogP contribution in [0.4, 0.5) is 10.1 Å². The lowest BCUT2D eigenvalue weighted by Gasteiger charge is -2.42. The largest absolute Gasteiger partial charge is 0.492 e. The second-order valence-corrected chi connectivity index (χ2v) is 8.57. The lowest BCUT2D eigenvalue weighted by atomic mass is 9.81. The Morgan fingerprint density at radius 1 is 1.37 bits per heavy atom. The minimum Gasteiger partial charge on any atom is -0.492 e. The van der Waals surface area contributed by atoms with Crippen molar-refractivity contribution in [3.8, 4) is 5.75 Å². The summed E-state index contributed by atoms with van der Waals surface area (Å²) < 4.78 is 22.8. The molecule has 3 N–H and O–H groups in total. The number of rotatable bonds is 5. The molecule has 1 aromatic carbocycles. The molecular formula is C22H28FN3O4. The van der Waals surface area contributed by atoms with E-state index in [1.807, 2.05) is 4.90 Å². The number of piperidine rings is 1. The molecule has 0 spiro atoms. The predicted molar refractivity (Wildman–Crippen MR) is 113 cm³/mol. The summed E-state index contributed by atoms with van der Waals surface area (Å²) in [7, 11) is 1.45. The van der Waals surface area contributed by atoms with Crippen LogP contribution in [-0.4, -0.2) is 41.9 Å². The Balaban J connectivity index is 1.95. The summed E-state index contributed by atoms with van der Waals surface area (Å²) in [5.41, 5.74) is 6.08. The third-order valence-corrected chi connectivity index (χ3v) is 6.58. The summed E-state index contributed by atoms with van der Waals surface area (Å²) in [6.07, 6.45) is 4.08. The predicted octanol–water partition coefficient (Wildman–Crippen LogP) is 2.99. The van der Waals surface area contributed by atoms with E-state index in [4.69, 9.17) is 10.5 Å². The maximum atomic E-state index is 15.4. The summed E-state index contributed by atoms with van der Waals surface area (Å²) in [6, 6.07) is 1.13. The highest BCUT2D eigenvalue weighted by molar-refractivity contribution is 5.97. The maximum absolute atomic E-state index is 15.4. The third-order valence-electron chi connectivity index (χ3n) is 6.58. The van der Waals surface area contributed by atoms with E-state index in [1.54, 1.807) is 4.57 Å². The number of benzene rings is 1. The van der Waals surface area contributed by atoms with Gasteiger partial charge >= 0.3 is 5.97 Å². The average Bonchev–Trinajstić information content (AvgIpc) is 3.52. The Labute approximate surface area is 174 Å². The van der Waals surface area contributed by atoms with Crippen molar-refractivity contribution in [1.82, 2.24) is 4.57 Å². The summed E-state index contributed by atoms with van der Waals surface area (Å²) >= 11 is 0. The fraction of sp³-hybridized carbons (Fsp3) is 0.545. The number of carboxylic acid groups (broad SMARTS) is 1. The Bertz CT molecular complexity index is 1050. The van der Waals surface area contributed by atoms with Crippen molar-refractivity contribution in [3.05, 3.63) is 33.9 Å². The lowest BCUT2D eigenvalue weighted by Crippen LogP contribution is -2.52. The number of halogens is 1. The molecule has 162 valence electrons. The van der Waals surface area contributed by atoms with Gasteiger partial charge in [-0.1, -0.05) is 20.3 Å². The van der Waals surface area contributed by atoms with Crippen molar-refractivity contribution in [2.45, 2.75) is 45.2 Å². The van der Waals surface area contributed by atoms with Crippen LogP contribution < -0.4 is 20.8 Å². The second kappa shape index (κ2) is 7.58. The van der Waals surface area contributed by atoms with Crippen molar-refractivity contribution < 1.29 is 19.0 Å². The minimum atomic E-state index is -1.32. The van der Waals surface area contributed by atoms with E-state index in [1.165, 1.54) is 13.3 Å². The van der Waals surface area contributed by atoms with Crippen molar-refractivity contribution in [1.29, 1.82) is 0 Å². The molecule has 1 aliphatic carbocycles. The molecule has 0 unspecified atom stereocenters. The lowest BCUT2D eigenvalue weighted by molar-refractivity contribution is 0.0695. The monoisotopic (exact) mass is 417 g/mol. The first kappa shape index (κ1) is 20.7. The van der Waals surface area contributed by atoms with Crippen LogP contribution in [0.3, 0.4) is 0 Å². The molecule has 2 fully saturated rings. The zero-order valence-electron chi connectivity index (χ0n) is 17.5. The molecule has 4 rings (SSSR count). The minimum absolute atomic E-state index is 0.0284. The molecule has 30 heavy (non-hydrogen) atoms. The standard InChI is InChI=1S/C22H28FN3O4/c1-4-13-11(2)8-25(10-17(13)24)19-16(23)7-14-18(21(19)30-3)26(12-5-6-12)9-15(20(14)27)22(28)29/h7,9,11-13,17H,4-6,8,10,24H2,1-3H3,(H,28,29)/t11-,13-,17+/m0/s1. The number of carbonyl (C=O) groups is 1. The van der Waals surface area contributed by atoms with Crippen molar-refractivity contribution in [2.24, 2.45) is 17.6 Å². The molecule has 0 radical (unpaired) electrons. The van der Waals surface area contributed by atoms with Gasteiger partial charge in [0.2, 0.25) is 5.43 Å². The van der Waals surface area contributed by atoms with E-state index in [-0.39, 0.29) is 34.7 Å². The van der Waals surface area contributed by atoms with Gasteiger partial charge in [-0.2, -0.15) is 0 Å². The zero-order chi connectivity index (χ0) is 21.7. The second-order valence-electron chi connectivity index (χ2n) is 8.57. The summed E-state index contributed by atoms with van der Waals surface area (Å²) in [6.45, 7) is 5.35. The highest BCUT2D eigenvalue weighted by Crippen LogP contribution is 2.44. The van der Waals surface area contributed by atoms with Crippen LogP contribution in [0, 0.1) is 17.7 Å². The Morgan fingerprint density at radius 2 is 2.07 bits per heavy atom. The van der Waals surface area contributed by atoms with Gasteiger partial charge in [0.15, 0.2) is 11.6 Å². The molecule has 1 aliphatic heterocycles. The number of nitrogens with two attached hydrogens (primary N) is 1. The number of aromatic carboxylic acids is 1. The van der Waals surface area contributed by atoms with E-state index < -0.39 is 17.2 Å². The normalized spacial score (nSPS) is 24.3. The summed E-state index contributed by atoms with van der Waals surface area (Å²) in [5.74, 6) is -1.02. The fourth-order valence-corrected chi connectivity index (χ4v) is 4.98. The van der Waals surface area contributed by atoms with E-state index >= 15 is 4.39 Å². The van der Waals surface area contributed by atoms with Crippen LogP contribution in [-0.2, 0) is 0 Å². The first-order chi connectivity index (χ1) is 14.3. The molecule has 2 aliphatic rings. The summed E-state index contributed by atoms with van der Waals surface area (Å²) in [5, 5.41) is 9.48. The van der Waals surface area contributed by atoms with Crippen LogP contribution in [0.25, 0.3) is 10.9 Å². The Hall–Kier alpha value is -2.61. The topological polar surface area (TPSA) is 97.8 Å². The van der Waals surface area contributed by atoms with Gasteiger partial charge in [-0.15, -0.1) is 0 Å². The number of anilines is 1. The van der Waals surface area contributed by atoms with Crippen LogP contribution in [0.1, 0.15) is 49.5 Å². The number of nitrogens with zero attached hydrogens (tertiary/aromatic N) is 2. The molecule has 0 bridgehead atoms. The quantitative estimate of drug-likeness (QED) is 0.776. The van der Waals surface area contributed by atoms with Crippen LogP contribution in [0.2, 0.25) is 0 Å². The molecular weight excluding hydrogens is 389 g/mol. The number of fused-ring (bicyclic) bond motifs is 1. The summed E-state index contributed by atoms with van der Waals surface area (Å²) in [4.78, 5) is 26.3. The fourth-order valence-electron chi connectivity index (χ4n) is 4.98. The SMILES string of the molecule is CC[C@@H]1[C@H](N)CN(c2c(F)cc3c(=O)c(C(=O)O)cn(C4CC4)c3c2OC)C[C@@H]1C. The number of aromatic nitrogens is 1. The van der Waals surface area contributed by atoms with Gasteiger partial charge in [-0.25, -0.2) is 9.18 Å². The van der Waals surface area contributed by atoms with Gasteiger partial charge in [-0.3, -0.25) is 4.79 Å². The van der Waals surface area contributed by atoms with Crippen LogP contribution >= 0.6 is 0 Å². The number of ether oxygens (including phenoxy) is 1. The average molecular weight is 417 g/mol. The van der Waals surface area contributed by atoms with Gasteiger partial charge < -0.3 is 25.0 Å². The van der Waals surface area contributed by atoms with Gasteiger partial charge in [0.1, 0.15) is 11.3 Å². The smallest absolute Gasteiger partial charge is 0.341 e. The number of pyridine rings is 1. The van der Waals surface area contributed by atoms with Crippen molar-refractivity contribution >= 4 is 22.6 Å². The van der Waals surface area contributed by atoms with Crippen LogP contribution in [0.5, 0.6) is 5.75 Å². The molecule has 0 amide bonds. The van der Waals surface area contributed by atoms with Gasteiger partial charge in [0.05, 0.1) is 18.0 Å². The van der Waals surface area contributed by atoms with Gasteiger partial charge in [-0.05, 0) is 30.7 Å². The molecule has 3 atom stereocenters. The highest BCUT2D eigenvalue weighted by Gasteiger charge is 2.36. The Kier molecular flexibility index (Phi) is 5.22. The number of carboxylic acids is 1. The first-order valence-electron chi connectivity index (χ1n) is 10.5. The first-order valence-corrected chi connectivity index (χ1v) is 10.5. The number of methoxy groups -OCH3 is 1. The molecule has 7 nitrogen and oxygen atoms in total. The number of hydrogen-bond donors (Lipinski definition) is 2. The van der Waals surface area contributed by atoms with Crippen molar-refractivity contribution in [2.75, 3.05) is 25.1 Å². The van der Waals surface area contributed by atoms with Gasteiger partial charge in [0, 0.05) is 31.4 Å². The van der Waals surface area contributed by atoms with E-state index in [0.29, 0.717) is 30.2 Å². The number of hydrogen-bond acceptors (Lipinski definition) is 5. The third kappa shape index (κ3) is 3.23. The zero-order valence-corrected chi connectivity index (χ0v) is 17.5. The molecule has 8 heteroatoms. The molecule has 1 saturated carbocycles. The molecule has 2 heterocycles. The van der Waals surface area contributed by atoms with Gasteiger partial charge in [0.25, 0.3) is 0 Å². The van der Waals surface area contributed by atoms with E-state index in [0.717, 1.165) is 25.3 Å². The molecule has 1 aromatic heterocycles. The highest BCUT2D eigenvalue weighted by atomic mass is 19.1. The van der Waals surface area contributed by atoms with E-state index in [9.17, 15) is 14.7 Å². The van der Waals surface area contributed by atoms with Crippen molar-refractivity contribution in [3.63, 3.8) is 0 Å². The van der Waals surface area contributed by atoms with E-state index in [2.05, 4.69) is 13.8 Å². The molecule has 1 saturated heterocycles. The Morgan fingerprint density at radius 3 is 2.60 bits per heavy atom. The van der Waals surface area contributed by atoms with Crippen LogP contribution in [0.15, 0.2) is 17.1 Å². The maximum Gasteiger partial charge on any atom is 0.341 e.